The van der Waals surface area contributed by atoms with Gasteiger partial charge in [-0.15, -0.1) is 0 Å². The van der Waals surface area contributed by atoms with Crippen LogP contribution in [-0.2, 0) is 4.74 Å². The number of aromatic amines is 2. The highest BCUT2D eigenvalue weighted by atomic mass is 32.1. The molecule has 0 aliphatic carbocycles. The Balaban J connectivity index is 1.65. The van der Waals surface area contributed by atoms with Gasteiger partial charge in [-0.3, -0.25) is 4.79 Å². The van der Waals surface area contributed by atoms with Crippen LogP contribution in [0.15, 0.2) is 28.7 Å². The molecule has 1 aliphatic rings. The molecule has 0 spiro atoms. The van der Waals surface area contributed by atoms with E-state index in [4.69, 9.17) is 21.4 Å². The monoisotopic (exact) mass is 361 g/mol. The van der Waals surface area contributed by atoms with Crippen LogP contribution < -0.4 is 0 Å². The quantitative estimate of drug-likeness (QED) is 0.686. The number of halogens is 1. The van der Waals surface area contributed by atoms with Crippen LogP contribution in [0.5, 0.6) is 0 Å². The van der Waals surface area contributed by atoms with Gasteiger partial charge < -0.3 is 24.0 Å². The minimum atomic E-state index is -0.493. The number of aryl methyl sites for hydroxylation is 1. The van der Waals surface area contributed by atoms with Crippen molar-refractivity contribution in [3.63, 3.8) is 0 Å². The number of aromatic nitrogens is 2. The van der Waals surface area contributed by atoms with Gasteiger partial charge in [-0.05, 0) is 43.4 Å². The van der Waals surface area contributed by atoms with Gasteiger partial charge in [0.05, 0.1) is 29.7 Å². The van der Waals surface area contributed by atoms with Crippen LogP contribution in [-0.4, -0.2) is 40.5 Å². The number of H-pyrrole nitrogens is 2. The predicted octanol–water partition coefficient (Wildman–Crippen LogP) is 3.48. The van der Waals surface area contributed by atoms with Crippen LogP contribution in [0.4, 0.5) is 4.39 Å². The number of amides is 1. The summed E-state index contributed by atoms with van der Waals surface area (Å²) in [5.74, 6) is 0.702. The van der Waals surface area contributed by atoms with E-state index in [0.29, 0.717) is 41.3 Å². The SMILES string of the molecule is Cc1ccc([C@H]2CN(C(=O)c3cc(F)cc4[nH]c(=S)[nH]c34)CCO2)o1. The summed E-state index contributed by atoms with van der Waals surface area (Å²) >= 11 is 5.05. The van der Waals surface area contributed by atoms with Crippen LogP contribution in [0.3, 0.4) is 0 Å². The molecule has 1 amide bonds. The van der Waals surface area contributed by atoms with Crippen LogP contribution in [0.25, 0.3) is 11.0 Å². The Hall–Kier alpha value is -2.45. The molecule has 1 saturated heterocycles. The van der Waals surface area contributed by atoms with Crippen molar-refractivity contribution in [2.75, 3.05) is 19.7 Å². The fourth-order valence-electron chi connectivity index (χ4n) is 3.08. The second-order valence-corrected chi connectivity index (χ2v) is 6.42. The van der Waals surface area contributed by atoms with Crippen molar-refractivity contribution in [1.29, 1.82) is 0 Å². The largest absolute Gasteiger partial charge is 0.464 e. The van der Waals surface area contributed by atoms with Gasteiger partial charge in [0.15, 0.2) is 4.77 Å². The smallest absolute Gasteiger partial charge is 0.256 e. The Labute approximate surface area is 147 Å². The van der Waals surface area contributed by atoms with E-state index in [9.17, 15) is 9.18 Å². The van der Waals surface area contributed by atoms with Crippen LogP contribution in [0.2, 0.25) is 0 Å². The van der Waals surface area contributed by atoms with Gasteiger partial charge in [-0.2, -0.15) is 0 Å². The van der Waals surface area contributed by atoms with E-state index in [-0.39, 0.29) is 17.6 Å². The highest BCUT2D eigenvalue weighted by Gasteiger charge is 2.29. The van der Waals surface area contributed by atoms with Crippen molar-refractivity contribution in [2.24, 2.45) is 0 Å². The number of nitrogens with zero attached hydrogens (tertiary/aromatic N) is 1. The number of fused-ring (bicyclic) bond motifs is 1. The lowest BCUT2D eigenvalue weighted by Gasteiger charge is -2.32. The number of nitrogens with one attached hydrogen (secondary N) is 2. The van der Waals surface area contributed by atoms with Crippen molar-refractivity contribution < 1.29 is 18.3 Å². The minimum absolute atomic E-state index is 0.249. The number of morpholine rings is 1. The molecule has 130 valence electrons. The number of ether oxygens (including phenoxy) is 1. The molecule has 0 bridgehead atoms. The Morgan fingerprint density at radius 1 is 1.36 bits per heavy atom. The maximum Gasteiger partial charge on any atom is 0.256 e. The molecule has 8 heteroatoms. The zero-order valence-electron chi connectivity index (χ0n) is 13.5. The molecular formula is C17H16FN3O3S. The standard InChI is InChI=1S/C17H16FN3O3S/c1-9-2-3-13(24-9)14-8-21(4-5-23-14)16(22)11-6-10(18)7-12-15(11)20-17(25)19-12/h2-3,6-7,14H,4-5,8H2,1H3,(H2,19,20,25)/t14-/m1/s1. The number of carbonyl (C=O) groups excluding carboxylic acids is 1. The Morgan fingerprint density at radius 3 is 2.96 bits per heavy atom. The van der Waals surface area contributed by atoms with Gasteiger partial charge in [0.1, 0.15) is 23.4 Å². The topological polar surface area (TPSA) is 74.3 Å². The first-order valence-electron chi connectivity index (χ1n) is 7.90. The Bertz CT molecular complexity index is 1010. The second-order valence-electron chi connectivity index (χ2n) is 6.01. The van der Waals surface area contributed by atoms with E-state index in [1.54, 1.807) is 4.90 Å². The summed E-state index contributed by atoms with van der Waals surface area (Å²) in [6, 6.07) is 6.24. The first-order chi connectivity index (χ1) is 12.0. The van der Waals surface area contributed by atoms with Crippen molar-refractivity contribution in [3.8, 4) is 0 Å². The van der Waals surface area contributed by atoms with E-state index in [1.807, 2.05) is 19.1 Å². The minimum Gasteiger partial charge on any atom is -0.464 e. The first kappa shape index (κ1) is 16.0. The van der Waals surface area contributed by atoms with Gasteiger partial charge in [0, 0.05) is 6.54 Å². The zero-order chi connectivity index (χ0) is 17.6. The highest BCUT2D eigenvalue weighted by Crippen LogP contribution is 2.26. The molecule has 1 aromatic carbocycles. The fourth-order valence-corrected chi connectivity index (χ4v) is 3.29. The lowest BCUT2D eigenvalue weighted by Crippen LogP contribution is -2.42. The summed E-state index contributed by atoms with van der Waals surface area (Å²) in [6.45, 7) is 3.01. The fraction of sp³-hybridized carbons (Fsp3) is 0.294. The maximum absolute atomic E-state index is 13.9. The van der Waals surface area contributed by atoms with E-state index < -0.39 is 5.82 Å². The maximum atomic E-state index is 13.9. The van der Waals surface area contributed by atoms with Crippen molar-refractivity contribution in [1.82, 2.24) is 14.9 Å². The average Bonchev–Trinajstić information content (AvgIpc) is 3.18. The number of rotatable bonds is 2. The zero-order valence-corrected chi connectivity index (χ0v) is 14.3. The summed E-state index contributed by atoms with van der Waals surface area (Å²) in [6.07, 6.45) is -0.333. The van der Waals surface area contributed by atoms with E-state index in [2.05, 4.69) is 9.97 Å². The van der Waals surface area contributed by atoms with Gasteiger partial charge in [-0.1, -0.05) is 0 Å². The lowest BCUT2D eigenvalue weighted by molar-refractivity contribution is -0.0323. The third kappa shape index (κ3) is 2.98. The van der Waals surface area contributed by atoms with Crippen molar-refractivity contribution in [3.05, 3.63) is 51.9 Å². The first-order valence-corrected chi connectivity index (χ1v) is 8.31. The molecule has 1 atom stereocenters. The summed E-state index contributed by atoms with van der Waals surface area (Å²) in [5.41, 5.74) is 1.23. The molecule has 6 nitrogen and oxygen atoms in total. The molecule has 2 aromatic heterocycles. The summed E-state index contributed by atoms with van der Waals surface area (Å²) in [7, 11) is 0. The van der Waals surface area contributed by atoms with Gasteiger partial charge >= 0.3 is 0 Å². The molecule has 0 saturated carbocycles. The third-order valence-electron chi connectivity index (χ3n) is 4.25. The van der Waals surface area contributed by atoms with Crippen molar-refractivity contribution >= 4 is 29.2 Å². The van der Waals surface area contributed by atoms with Gasteiger partial charge in [-0.25, -0.2) is 4.39 Å². The molecule has 0 unspecified atom stereocenters. The van der Waals surface area contributed by atoms with Crippen LogP contribution in [0, 0.1) is 17.5 Å². The number of carbonyl (C=O) groups is 1. The Morgan fingerprint density at radius 2 is 2.20 bits per heavy atom. The van der Waals surface area contributed by atoms with E-state index in [1.165, 1.54) is 12.1 Å². The molecule has 25 heavy (non-hydrogen) atoms. The predicted molar refractivity (Wildman–Crippen MR) is 91.5 cm³/mol. The van der Waals surface area contributed by atoms with Crippen LogP contribution >= 0.6 is 12.2 Å². The van der Waals surface area contributed by atoms with E-state index >= 15 is 0 Å². The molecule has 3 aromatic rings. The lowest BCUT2D eigenvalue weighted by atomic mass is 10.1. The molecular weight excluding hydrogens is 345 g/mol. The number of benzene rings is 1. The number of imidazole rings is 1. The van der Waals surface area contributed by atoms with Crippen molar-refractivity contribution in [2.45, 2.75) is 13.0 Å². The summed E-state index contributed by atoms with van der Waals surface area (Å²) < 4.78 is 25.6. The molecule has 1 fully saturated rings. The summed E-state index contributed by atoms with van der Waals surface area (Å²) in [5, 5.41) is 0. The summed E-state index contributed by atoms with van der Waals surface area (Å²) in [4.78, 5) is 20.4. The molecule has 0 radical (unpaired) electrons. The normalized spacial score (nSPS) is 18.0. The average molecular weight is 361 g/mol. The molecule has 2 N–H and O–H groups in total. The number of hydrogen-bond donors (Lipinski definition) is 2. The molecule has 1 aliphatic heterocycles. The second kappa shape index (κ2) is 6.12. The molecule has 3 heterocycles. The van der Waals surface area contributed by atoms with Gasteiger partial charge in [0.25, 0.3) is 5.91 Å². The Kier molecular flexibility index (Phi) is 3.93. The van der Waals surface area contributed by atoms with Gasteiger partial charge in [0.2, 0.25) is 0 Å². The molecule has 4 rings (SSSR count). The van der Waals surface area contributed by atoms with Crippen LogP contribution in [0.1, 0.15) is 28.0 Å². The van der Waals surface area contributed by atoms with E-state index in [0.717, 1.165) is 5.76 Å². The number of hydrogen-bond acceptors (Lipinski definition) is 4. The number of furan rings is 1. The third-order valence-corrected chi connectivity index (χ3v) is 4.46. The highest BCUT2D eigenvalue weighted by molar-refractivity contribution is 7.71.